The summed E-state index contributed by atoms with van der Waals surface area (Å²) in [7, 11) is 0. The number of hydrogen-bond donors (Lipinski definition) is 1. The van der Waals surface area contributed by atoms with Crippen LogP contribution in [-0.4, -0.2) is 9.38 Å². The number of pyridine rings is 1. The molecule has 90 valence electrons. The topological polar surface area (TPSA) is 43.3 Å². The molecular formula is C13H9BrClN3. The summed E-state index contributed by atoms with van der Waals surface area (Å²) < 4.78 is 2.77. The quantitative estimate of drug-likeness (QED) is 0.736. The summed E-state index contributed by atoms with van der Waals surface area (Å²) in [5, 5.41) is 0.625. The van der Waals surface area contributed by atoms with Crippen LogP contribution in [0, 0.1) is 0 Å². The van der Waals surface area contributed by atoms with Gasteiger partial charge in [0.1, 0.15) is 17.2 Å². The van der Waals surface area contributed by atoms with E-state index < -0.39 is 0 Å². The van der Waals surface area contributed by atoms with Crippen LogP contribution < -0.4 is 5.73 Å². The molecule has 0 atom stereocenters. The number of aromatic nitrogens is 2. The van der Waals surface area contributed by atoms with E-state index in [9.17, 15) is 0 Å². The van der Waals surface area contributed by atoms with Crippen molar-refractivity contribution in [3.8, 4) is 11.3 Å². The summed E-state index contributed by atoms with van der Waals surface area (Å²) in [5.74, 6) is 0.592. The largest absolute Gasteiger partial charge is 0.383 e. The first-order valence-electron chi connectivity index (χ1n) is 5.35. The van der Waals surface area contributed by atoms with Crippen LogP contribution in [0.5, 0.6) is 0 Å². The van der Waals surface area contributed by atoms with Gasteiger partial charge in [0.2, 0.25) is 0 Å². The van der Waals surface area contributed by atoms with Crippen molar-refractivity contribution >= 4 is 39.0 Å². The Kier molecular flexibility index (Phi) is 2.76. The van der Waals surface area contributed by atoms with Gasteiger partial charge >= 0.3 is 0 Å². The van der Waals surface area contributed by atoms with Gasteiger partial charge < -0.3 is 5.73 Å². The first-order chi connectivity index (χ1) is 8.66. The molecule has 1 aromatic carbocycles. The van der Waals surface area contributed by atoms with Gasteiger partial charge in [0.05, 0.1) is 5.02 Å². The Balaban J connectivity index is 2.28. The fourth-order valence-corrected chi connectivity index (χ4v) is 2.66. The summed E-state index contributed by atoms with van der Waals surface area (Å²) in [6.45, 7) is 0. The van der Waals surface area contributed by atoms with E-state index in [0.717, 1.165) is 15.7 Å². The van der Waals surface area contributed by atoms with E-state index >= 15 is 0 Å². The summed E-state index contributed by atoms with van der Waals surface area (Å²) in [5.41, 5.74) is 8.46. The molecule has 0 fully saturated rings. The molecular weight excluding hydrogens is 314 g/mol. The standard InChI is InChI=1S/C13H9BrClN3/c14-8-4-5-9(10(15)7-8)12-13(16)18-6-2-1-3-11(18)17-12/h1-7H,16H2. The monoisotopic (exact) mass is 321 g/mol. The van der Waals surface area contributed by atoms with Gasteiger partial charge in [-0.1, -0.05) is 39.7 Å². The Hall–Kier alpha value is -1.52. The summed E-state index contributed by atoms with van der Waals surface area (Å²) in [4.78, 5) is 4.51. The van der Waals surface area contributed by atoms with Crippen LogP contribution in [0.4, 0.5) is 5.82 Å². The molecule has 18 heavy (non-hydrogen) atoms. The maximum absolute atomic E-state index is 6.23. The van der Waals surface area contributed by atoms with Gasteiger partial charge in [0, 0.05) is 16.2 Å². The first kappa shape index (κ1) is 11.6. The van der Waals surface area contributed by atoms with Gasteiger partial charge in [-0.2, -0.15) is 0 Å². The van der Waals surface area contributed by atoms with Crippen LogP contribution in [0.2, 0.25) is 5.02 Å². The first-order valence-corrected chi connectivity index (χ1v) is 6.52. The number of nitrogens with zero attached hydrogens (tertiary/aromatic N) is 2. The zero-order chi connectivity index (χ0) is 12.7. The van der Waals surface area contributed by atoms with Crippen LogP contribution in [-0.2, 0) is 0 Å². The van der Waals surface area contributed by atoms with Crippen molar-refractivity contribution in [1.82, 2.24) is 9.38 Å². The van der Waals surface area contributed by atoms with Crippen LogP contribution in [0.3, 0.4) is 0 Å². The molecule has 0 unspecified atom stereocenters. The third-order valence-corrected chi connectivity index (χ3v) is 3.56. The van der Waals surface area contributed by atoms with Gasteiger partial charge in [0.15, 0.2) is 0 Å². The van der Waals surface area contributed by atoms with Gasteiger partial charge in [-0.05, 0) is 24.3 Å². The zero-order valence-electron chi connectivity index (χ0n) is 9.27. The highest BCUT2D eigenvalue weighted by molar-refractivity contribution is 9.10. The molecule has 3 nitrogen and oxygen atoms in total. The molecule has 2 heterocycles. The molecule has 2 N–H and O–H groups in total. The van der Waals surface area contributed by atoms with Crippen molar-refractivity contribution in [3.05, 3.63) is 52.1 Å². The lowest BCUT2D eigenvalue weighted by Crippen LogP contribution is -1.93. The lowest BCUT2D eigenvalue weighted by molar-refractivity contribution is 1.20. The molecule has 0 aliphatic heterocycles. The average Bonchev–Trinajstić information content (AvgIpc) is 2.68. The van der Waals surface area contributed by atoms with Gasteiger partial charge in [-0.25, -0.2) is 4.98 Å². The lowest BCUT2D eigenvalue weighted by atomic mass is 10.1. The van der Waals surface area contributed by atoms with Crippen molar-refractivity contribution in [3.63, 3.8) is 0 Å². The van der Waals surface area contributed by atoms with E-state index in [1.807, 2.05) is 47.0 Å². The van der Waals surface area contributed by atoms with E-state index in [1.54, 1.807) is 0 Å². The number of nitrogen functional groups attached to an aromatic ring is 1. The van der Waals surface area contributed by atoms with E-state index in [2.05, 4.69) is 20.9 Å². The molecule has 3 aromatic rings. The highest BCUT2D eigenvalue weighted by Crippen LogP contribution is 2.33. The predicted molar refractivity (Wildman–Crippen MR) is 77.8 cm³/mol. The molecule has 0 amide bonds. The fourth-order valence-electron chi connectivity index (χ4n) is 1.89. The third-order valence-electron chi connectivity index (χ3n) is 2.75. The van der Waals surface area contributed by atoms with E-state index in [1.165, 1.54) is 0 Å². The number of hydrogen-bond acceptors (Lipinski definition) is 2. The summed E-state index contributed by atoms with van der Waals surface area (Å²) in [6, 6.07) is 11.4. The van der Waals surface area contributed by atoms with Crippen LogP contribution in [0.25, 0.3) is 16.9 Å². The third kappa shape index (κ3) is 1.78. The minimum Gasteiger partial charge on any atom is -0.383 e. The Morgan fingerprint density at radius 3 is 2.78 bits per heavy atom. The van der Waals surface area contributed by atoms with E-state index in [-0.39, 0.29) is 0 Å². The highest BCUT2D eigenvalue weighted by atomic mass is 79.9. The minimum atomic E-state index is 0.592. The maximum Gasteiger partial charge on any atom is 0.139 e. The summed E-state index contributed by atoms with van der Waals surface area (Å²) >= 11 is 9.61. The molecule has 0 saturated heterocycles. The van der Waals surface area contributed by atoms with Crippen LogP contribution >= 0.6 is 27.5 Å². The number of anilines is 1. The second kappa shape index (κ2) is 4.30. The number of rotatable bonds is 1. The molecule has 0 spiro atoms. The van der Waals surface area contributed by atoms with Crippen molar-refractivity contribution in [2.45, 2.75) is 0 Å². The molecule has 2 aromatic heterocycles. The molecule has 0 saturated carbocycles. The Bertz CT molecular complexity index is 736. The number of benzene rings is 1. The number of imidazole rings is 1. The van der Waals surface area contributed by atoms with Crippen LogP contribution in [0.1, 0.15) is 0 Å². The van der Waals surface area contributed by atoms with Gasteiger partial charge in [-0.15, -0.1) is 0 Å². The smallest absolute Gasteiger partial charge is 0.139 e. The lowest BCUT2D eigenvalue weighted by Gasteiger charge is -2.02. The number of halogens is 2. The molecule has 0 bridgehead atoms. The minimum absolute atomic E-state index is 0.592. The zero-order valence-corrected chi connectivity index (χ0v) is 11.6. The summed E-state index contributed by atoms with van der Waals surface area (Å²) in [6.07, 6.45) is 1.88. The van der Waals surface area contributed by atoms with Crippen molar-refractivity contribution < 1.29 is 0 Å². The molecule has 0 radical (unpaired) electrons. The van der Waals surface area contributed by atoms with Crippen molar-refractivity contribution in [2.24, 2.45) is 0 Å². The highest BCUT2D eigenvalue weighted by Gasteiger charge is 2.13. The van der Waals surface area contributed by atoms with Crippen molar-refractivity contribution in [2.75, 3.05) is 5.73 Å². The Labute approximate surface area is 117 Å². The number of nitrogens with two attached hydrogens (primary N) is 1. The second-order valence-electron chi connectivity index (χ2n) is 3.90. The molecule has 0 aliphatic rings. The van der Waals surface area contributed by atoms with Gasteiger partial charge in [0.25, 0.3) is 0 Å². The van der Waals surface area contributed by atoms with Crippen molar-refractivity contribution in [1.29, 1.82) is 0 Å². The number of fused-ring (bicyclic) bond motifs is 1. The molecule has 5 heteroatoms. The molecule has 0 aliphatic carbocycles. The second-order valence-corrected chi connectivity index (χ2v) is 5.22. The van der Waals surface area contributed by atoms with Gasteiger partial charge in [-0.3, -0.25) is 4.40 Å². The fraction of sp³-hybridized carbons (Fsp3) is 0. The Morgan fingerprint density at radius 2 is 2.06 bits per heavy atom. The predicted octanol–water partition coefficient (Wildman–Crippen LogP) is 4.00. The maximum atomic E-state index is 6.23. The Morgan fingerprint density at radius 1 is 1.22 bits per heavy atom. The molecule has 3 rings (SSSR count). The van der Waals surface area contributed by atoms with E-state index in [0.29, 0.717) is 16.5 Å². The normalized spacial score (nSPS) is 11.0. The van der Waals surface area contributed by atoms with Crippen LogP contribution in [0.15, 0.2) is 47.1 Å². The average molecular weight is 323 g/mol. The SMILES string of the molecule is Nc1c(-c2ccc(Br)cc2Cl)nc2ccccn12. The van der Waals surface area contributed by atoms with E-state index in [4.69, 9.17) is 17.3 Å².